The maximum Gasteiger partial charge on any atom is 0.246 e. The number of hydrogen-bond acceptors (Lipinski definition) is 5. The van der Waals surface area contributed by atoms with Gasteiger partial charge in [-0.2, -0.15) is 5.26 Å². The second-order valence-electron chi connectivity index (χ2n) is 6.52. The van der Waals surface area contributed by atoms with Crippen LogP contribution in [0.15, 0.2) is 36.2 Å². The number of rotatable bonds is 9. The quantitative estimate of drug-likeness (QED) is 0.359. The number of nitriles is 1. The Bertz CT molecular complexity index is 616. The first kappa shape index (κ1) is 21.7. The van der Waals surface area contributed by atoms with Crippen LogP contribution in [0, 0.1) is 11.3 Å². The summed E-state index contributed by atoms with van der Waals surface area (Å²) in [6.45, 7) is 10.2. The summed E-state index contributed by atoms with van der Waals surface area (Å²) in [4.78, 5) is 29.8. The molecular weight excluding hydrogens is 328 g/mol. The first-order valence-corrected chi connectivity index (χ1v) is 9.08. The van der Waals surface area contributed by atoms with Gasteiger partial charge in [-0.3, -0.25) is 14.5 Å². The molecule has 0 N–H and O–H groups in total. The number of hydrogen-bond donors (Lipinski definition) is 0. The fourth-order valence-electron chi connectivity index (χ4n) is 2.75. The second kappa shape index (κ2) is 11.3. The number of carbonyl (C=O) groups is 2. The molecule has 1 saturated heterocycles. The van der Waals surface area contributed by atoms with E-state index >= 15 is 0 Å². The van der Waals surface area contributed by atoms with Gasteiger partial charge in [0.1, 0.15) is 0 Å². The second-order valence-corrected chi connectivity index (χ2v) is 6.52. The number of carbonyl (C=O) groups excluding carboxylic acids is 2. The van der Waals surface area contributed by atoms with Gasteiger partial charge in [0, 0.05) is 38.3 Å². The Morgan fingerprint density at radius 2 is 2.12 bits per heavy atom. The van der Waals surface area contributed by atoms with Gasteiger partial charge >= 0.3 is 0 Å². The minimum absolute atomic E-state index is 0.0301. The van der Waals surface area contributed by atoms with E-state index in [4.69, 9.17) is 5.26 Å². The van der Waals surface area contributed by atoms with E-state index in [1.807, 2.05) is 22.9 Å². The van der Waals surface area contributed by atoms with E-state index in [0.717, 1.165) is 25.0 Å². The summed E-state index contributed by atoms with van der Waals surface area (Å²) < 4.78 is 0. The Balaban J connectivity index is 2.64. The standard InChI is InChI=1S/C20H30N4O2/c1-5-6-7-9-19(18(3)25)24-15-14-23(16-17(24)2)20(26)10-8-12-22(4)13-11-21/h8-10H,2,5-7,12-16H2,1,3-4H3/b10-8+,19-9-. The molecule has 0 saturated carbocycles. The number of nitrogens with zero attached hydrogens (tertiary/aromatic N) is 4. The summed E-state index contributed by atoms with van der Waals surface area (Å²) in [5, 5.41) is 8.62. The fraction of sp³-hybridized carbons (Fsp3) is 0.550. The van der Waals surface area contributed by atoms with Gasteiger partial charge in [0.15, 0.2) is 5.78 Å². The number of amides is 1. The van der Waals surface area contributed by atoms with Crippen molar-refractivity contribution in [3.8, 4) is 6.07 Å². The molecule has 0 atom stereocenters. The van der Waals surface area contributed by atoms with Crippen LogP contribution >= 0.6 is 0 Å². The lowest BCUT2D eigenvalue weighted by molar-refractivity contribution is -0.126. The number of allylic oxidation sites excluding steroid dienone is 2. The summed E-state index contributed by atoms with van der Waals surface area (Å²) in [7, 11) is 1.83. The van der Waals surface area contributed by atoms with Crippen LogP contribution in [0.4, 0.5) is 0 Å². The topological polar surface area (TPSA) is 67.7 Å². The van der Waals surface area contributed by atoms with Crippen LogP contribution in [0.5, 0.6) is 0 Å². The minimum Gasteiger partial charge on any atom is -0.340 e. The zero-order chi connectivity index (χ0) is 19.5. The van der Waals surface area contributed by atoms with Crippen molar-refractivity contribution in [3.63, 3.8) is 0 Å². The summed E-state index contributed by atoms with van der Waals surface area (Å²) in [5.74, 6) is -0.0436. The third kappa shape index (κ3) is 6.85. The molecule has 0 aromatic carbocycles. The maximum absolute atomic E-state index is 12.3. The molecule has 1 fully saturated rings. The van der Waals surface area contributed by atoms with Gasteiger partial charge in [-0.05, 0) is 19.9 Å². The maximum atomic E-state index is 12.3. The van der Waals surface area contributed by atoms with Gasteiger partial charge in [0.05, 0.1) is 24.9 Å². The summed E-state index contributed by atoms with van der Waals surface area (Å²) in [5.41, 5.74) is 1.45. The van der Waals surface area contributed by atoms with Crippen molar-refractivity contribution >= 4 is 11.7 Å². The van der Waals surface area contributed by atoms with Crippen molar-refractivity contribution < 1.29 is 9.59 Å². The Kier molecular flexibility index (Phi) is 9.38. The third-order valence-electron chi connectivity index (χ3n) is 4.23. The van der Waals surface area contributed by atoms with Gasteiger partial charge in [0.25, 0.3) is 0 Å². The monoisotopic (exact) mass is 358 g/mol. The van der Waals surface area contributed by atoms with E-state index in [9.17, 15) is 9.59 Å². The molecule has 26 heavy (non-hydrogen) atoms. The molecule has 1 aliphatic heterocycles. The molecule has 0 aromatic rings. The highest BCUT2D eigenvalue weighted by molar-refractivity contribution is 5.93. The van der Waals surface area contributed by atoms with Gasteiger partial charge in [-0.1, -0.05) is 32.1 Å². The van der Waals surface area contributed by atoms with Crippen molar-refractivity contribution in [1.29, 1.82) is 5.26 Å². The van der Waals surface area contributed by atoms with E-state index in [1.165, 1.54) is 0 Å². The predicted molar refractivity (Wildman–Crippen MR) is 103 cm³/mol. The highest BCUT2D eigenvalue weighted by atomic mass is 16.2. The molecule has 6 heteroatoms. The Morgan fingerprint density at radius 1 is 1.38 bits per heavy atom. The molecule has 1 rings (SSSR count). The number of piperazine rings is 1. The molecule has 0 aromatic heterocycles. The number of ketones is 1. The Morgan fingerprint density at radius 3 is 2.69 bits per heavy atom. The van der Waals surface area contributed by atoms with Crippen molar-refractivity contribution in [1.82, 2.24) is 14.7 Å². The number of likely N-dealkylation sites (N-methyl/N-ethyl adjacent to an activating group) is 1. The molecule has 6 nitrogen and oxygen atoms in total. The average molecular weight is 358 g/mol. The first-order chi connectivity index (χ1) is 12.4. The minimum atomic E-state index is -0.0736. The van der Waals surface area contributed by atoms with Gasteiger partial charge in [-0.15, -0.1) is 0 Å². The van der Waals surface area contributed by atoms with Crippen molar-refractivity contribution in [2.24, 2.45) is 0 Å². The molecule has 0 unspecified atom stereocenters. The normalized spacial score (nSPS) is 15.7. The van der Waals surface area contributed by atoms with Gasteiger partial charge in [0.2, 0.25) is 5.91 Å². The van der Waals surface area contributed by atoms with Crippen molar-refractivity contribution in [3.05, 3.63) is 36.2 Å². The predicted octanol–water partition coefficient (Wildman–Crippen LogP) is 2.32. The van der Waals surface area contributed by atoms with Crippen LogP contribution in [-0.2, 0) is 9.59 Å². The van der Waals surface area contributed by atoms with Crippen molar-refractivity contribution in [2.75, 3.05) is 39.8 Å². The summed E-state index contributed by atoms with van der Waals surface area (Å²) in [6.07, 6.45) is 8.30. The van der Waals surface area contributed by atoms with Crippen LogP contribution in [0.2, 0.25) is 0 Å². The largest absolute Gasteiger partial charge is 0.340 e. The van der Waals surface area contributed by atoms with Gasteiger partial charge < -0.3 is 9.80 Å². The van der Waals surface area contributed by atoms with E-state index in [2.05, 4.69) is 19.6 Å². The third-order valence-corrected chi connectivity index (χ3v) is 4.23. The zero-order valence-electron chi connectivity index (χ0n) is 16.2. The highest BCUT2D eigenvalue weighted by Gasteiger charge is 2.25. The first-order valence-electron chi connectivity index (χ1n) is 9.08. The summed E-state index contributed by atoms with van der Waals surface area (Å²) in [6, 6.07) is 2.06. The molecule has 1 heterocycles. The lowest BCUT2D eigenvalue weighted by atomic mass is 10.1. The molecule has 1 aliphatic rings. The van der Waals surface area contributed by atoms with E-state index in [1.54, 1.807) is 24.0 Å². The molecule has 142 valence electrons. The van der Waals surface area contributed by atoms with Crippen molar-refractivity contribution in [2.45, 2.75) is 33.1 Å². The average Bonchev–Trinajstić information content (AvgIpc) is 2.59. The van der Waals surface area contributed by atoms with Crippen LogP contribution < -0.4 is 0 Å². The zero-order valence-corrected chi connectivity index (χ0v) is 16.2. The summed E-state index contributed by atoms with van der Waals surface area (Å²) >= 11 is 0. The van der Waals surface area contributed by atoms with Crippen LogP contribution in [-0.4, -0.2) is 66.2 Å². The smallest absolute Gasteiger partial charge is 0.246 e. The fourth-order valence-corrected chi connectivity index (χ4v) is 2.75. The molecule has 0 bridgehead atoms. The van der Waals surface area contributed by atoms with Gasteiger partial charge in [-0.25, -0.2) is 0 Å². The highest BCUT2D eigenvalue weighted by Crippen LogP contribution is 2.20. The lowest BCUT2D eigenvalue weighted by Crippen LogP contribution is -2.46. The SMILES string of the molecule is C=C1CN(C(=O)/C=C/CN(C)CC#N)CCN1/C(=C\CCCC)C(C)=O. The van der Waals surface area contributed by atoms with E-state index in [0.29, 0.717) is 38.4 Å². The van der Waals surface area contributed by atoms with Crippen LogP contribution in [0.3, 0.4) is 0 Å². The number of unbranched alkanes of at least 4 members (excludes halogenated alkanes) is 2. The van der Waals surface area contributed by atoms with Crippen LogP contribution in [0.1, 0.15) is 33.1 Å². The molecule has 0 spiro atoms. The van der Waals surface area contributed by atoms with E-state index in [-0.39, 0.29) is 11.7 Å². The molecule has 0 aliphatic carbocycles. The van der Waals surface area contributed by atoms with E-state index < -0.39 is 0 Å². The number of Topliss-reactive ketones (excluding diaryl/α,β-unsaturated/α-hetero) is 1. The van der Waals surface area contributed by atoms with Crippen LogP contribution in [0.25, 0.3) is 0 Å². The lowest BCUT2D eigenvalue weighted by Gasteiger charge is -2.38. The molecule has 1 amide bonds. The molecule has 0 radical (unpaired) electrons. The Hall–Kier alpha value is -2.39. The Labute approximate surface area is 157 Å². The molecular formula is C20H30N4O2.